The first-order valence-electron chi connectivity index (χ1n) is 5.11. The fourth-order valence-electron chi connectivity index (χ4n) is 1.34. The number of carbonyl (C=O) groups is 2. The predicted octanol–water partition coefficient (Wildman–Crippen LogP) is -0.155. The summed E-state index contributed by atoms with van der Waals surface area (Å²) in [5.41, 5.74) is -0.325. The van der Waals surface area contributed by atoms with E-state index in [0.717, 1.165) is 0 Å². The van der Waals surface area contributed by atoms with Gasteiger partial charge in [0, 0.05) is 19.7 Å². The van der Waals surface area contributed by atoms with Crippen LogP contribution >= 0.6 is 0 Å². The van der Waals surface area contributed by atoms with Crippen LogP contribution in [0.15, 0.2) is 0 Å². The van der Waals surface area contributed by atoms with E-state index in [1.54, 1.807) is 14.0 Å². The van der Waals surface area contributed by atoms with Crippen LogP contribution in [0, 0.1) is 0 Å². The Morgan fingerprint density at radius 2 is 1.94 bits per heavy atom. The van der Waals surface area contributed by atoms with Gasteiger partial charge in [-0.2, -0.15) is 0 Å². The van der Waals surface area contributed by atoms with Crippen LogP contribution in [-0.2, 0) is 9.53 Å². The summed E-state index contributed by atoms with van der Waals surface area (Å²) in [5, 5.41) is 7.59. The maximum atomic E-state index is 11.5. The molecule has 0 fully saturated rings. The molecule has 0 spiro atoms. The first-order chi connectivity index (χ1) is 7.32. The molecule has 1 unspecified atom stereocenters. The van der Waals surface area contributed by atoms with Gasteiger partial charge in [0.15, 0.2) is 0 Å². The third-order valence-corrected chi connectivity index (χ3v) is 1.97. The normalized spacial score (nSPS) is 13.1. The molecule has 0 aliphatic carbocycles. The van der Waals surface area contributed by atoms with E-state index in [-0.39, 0.29) is 11.4 Å². The molecule has 0 heterocycles. The highest BCUT2D eigenvalue weighted by atomic mass is 16.5. The van der Waals surface area contributed by atoms with Gasteiger partial charge >= 0.3 is 6.03 Å². The Kier molecular flexibility index (Phi) is 5.98. The Labute approximate surface area is 96.1 Å². The van der Waals surface area contributed by atoms with Crippen LogP contribution in [0.2, 0.25) is 0 Å². The van der Waals surface area contributed by atoms with Gasteiger partial charge in [-0.05, 0) is 20.8 Å². The largest absolute Gasteiger partial charge is 0.383 e. The quantitative estimate of drug-likeness (QED) is 0.614. The molecule has 0 aliphatic rings. The van der Waals surface area contributed by atoms with E-state index in [1.807, 2.05) is 13.8 Å². The van der Waals surface area contributed by atoms with E-state index in [0.29, 0.717) is 6.61 Å². The summed E-state index contributed by atoms with van der Waals surface area (Å²) >= 11 is 0. The van der Waals surface area contributed by atoms with Crippen LogP contribution in [0.4, 0.5) is 4.79 Å². The van der Waals surface area contributed by atoms with Gasteiger partial charge in [-0.1, -0.05) is 0 Å². The minimum absolute atomic E-state index is 0.325. The number of rotatable bonds is 5. The van der Waals surface area contributed by atoms with Crippen molar-refractivity contribution in [3.05, 3.63) is 0 Å². The van der Waals surface area contributed by atoms with Crippen LogP contribution < -0.4 is 16.0 Å². The first kappa shape index (κ1) is 14.9. The van der Waals surface area contributed by atoms with Gasteiger partial charge < -0.3 is 10.1 Å². The SMILES string of the molecule is CNC(=O)NC(=O)C(C)NC(C)(C)COC. The van der Waals surface area contributed by atoms with Crippen molar-refractivity contribution in [2.45, 2.75) is 32.4 Å². The zero-order chi connectivity index (χ0) is 12.8. The first-order valence-corrected chi connectivity index (χ1v) is 5.11. The second-order valence-corrected chi connectivity index (χ2v) is 4.25. The number of hydrogen-bond acceptors (Lipinski definition) is 4. The minimum atomic E-state index is -0.511. The number of hydrogen-bond donors (Lipinski definition) is 3. The number of amides is 3. The van der Waals surface area contributed by atoms with Crippen LogP contribution in [-0.4, -0.2) is 44.3 Å². The lowest BCUT2D eigenvalue weighted by Crippen LogP contribution is -2.55. The van der Waals surface area contributed by atoms with E-state index < -0.39 is 12.1 Å². The molecule has 0 saturated heterocycles. The standard InChI is InChI=1S/C10H21N3O3/c1-7(8(14)12-9(15)11-4)13-10(2,3)6-16-5/h7,13H,6H2,1-5H3,(H2,11,12,14,15). The summed E-state index contributed by atoms with van der Waals surface area (Å²) < 4.78 is 5.02. The van der Waals surface area contributed by atoms with Gasteiger partial charge in [-0.15, -0.1) is 0 Å². The van der Waals surface area contributed by atoms with Gasteiger partial charge in [-0.25, -0.2) is 4.79 Å². The van der Waals surface area contributed by atoms with Crippen LogP contribution in [0.25, 0.3) is 0 Å². The molecule has 94 valence electrons. The number of nitrogens with one attached hydrogen (secondary N) is 3. The van der Waals surface area contributed by atoms with Crippen molar-refractivity contribution in [1.82, 2.24) is 16.0 Å². The second-order valence-electron chi connectivity index (χ2n) is 4.25. The molecule has 0 aromatic carbocycles. The lowest BCUT2D eigenvalue weighted by Gasteiger charge is -2.28. The Morgan fingerprint density at radius 3 is 2.38 bits per heavy atom. The van der Waals surface area contributed by atoms with Gasteiger partial charge in [0.2, 0.25) is 5.91 Å². The number of imide groups is 1. The third kappa shape index (κ3) is 5.67. The summed E-state index contributed by atoms with van der Waals surface area (Å²) in [5.74, 6) is -0.372. The van der Waals surface area contributed by atoms with Crippen LogP contribution in [0.1, 0.15) is 20.8 Å². The molecule has 6 nitrogen and oxygen atoms in total. The summed E-state index contributed by atoms with van der Waals surface area (Å²) in [7, 11) is 3.05. The van der Waals surface area contributed by atoms with Gasteiger partial charge in [-0.3, -0.25) is 15.4 Å². The fraction of sp³-hybridized carbons (Fsp3) is 0.800. The van der Waals surface area contributed by atoms with E-state index in [9.17, 15) is 9.59 Å². The van der Waals surface area contributed by atoms with E-state index in [2.05, 4.69) is 16.0 Å². The van der Waals surface area contributed by atoms with Crippen molar-refractivity contribution in [1.29, 1.82) is 0 Å². The van der Waals surface area contributed by atoms with Crippen molar-refractivity contribution in [3.8, 4) is 0 Å². The molecule has 0 saturated carbocycles. The third-order valence-electron chi connectivity index (χ3n) is 1.97. The van der Waals surface area contributed by atoms with Crippen molar-refractivity contribution in [3.63, 3.8) is 0 Å². The molecule has 16 heavy (non-hydrogen) atoms. The molecule has 1 atom stereocenters. The minimum Gasteiger partial charge on any atom is -0.383 e. The molecule has 0 aliphatic heterocycles. The van der Waals surface area contributed by atoms with Crippen molar-refractivity contribution >= 4 is 11.9 Å². The molecule has 0 rings (SSSR count). The summed E-state index contributed by atoms with van der Waals surface area (Å²) in [6.45, 7) is 6.00. The summed E-state index contributed by atoms with van der Waals surface area (Å²) in [6.07, 6.45) is 0. The number of carbonyl (C=O) groups excluding carboxylic acids is 2. The Hall–Kier alpha value is -1.14. The van der Waals surface area contributed by atoms with Gasteiger partial charge in [0.1, 0.15) is 0 Å². The topological polar surface area (TPSA) is 79.5 Å². The predicted molar refractivity (Wildman–Crippen MR) is 61.2 cm³/mol. The highest BCUT2D eigenvalue weighted by Crippen LogP contribution is 2.03. The van der Waals surface area contributed by atoms with Crippen molar-refractivity contribution < 1.29 is 14.3 Å². The van der Waals surface area contributed by atoms with Crippen LogP contribution in [0.5, 0.6) is 0 Å². The van der Waals surface area contributed by atoms with Crippen LogP contribution in [0.3, 0.4) is 0 Å². The maximum Gasteiger partial charge on any atom is 0.321 e. The average molecular weight is 231 g/mol. The number of urea groups is 1. The lowest BCUT2D eigenvalue weighted by molar-refractivity contribution is -0.122. The lowest BCUT2D eigenvalue weighted by atomic mass is 10.1. The zero-order valence-corrected chi connectivity index (χ0v) is 10.5. The maximum absolute atomic E-state index is 11.5. The monoisotopic (exact) mass is 231 g/mol. The Morgan fingerprint density at radius 1 is 1.38 bits per heavy atom. The molecule has 3 amide bonds. The number of methoxy groups -OCH3 is 1. The fourth-order valence-corrected chi connectivity index (χ4v) is 1.34. The molecule has 0 aromatic heterocycles. The van der Waals surface area contributed by atoms with Crippen molar-refractivity contribution in [2.75, 3.05) is 20.8 Å². The molecule has 0 radical (unpaired) electrons. The summed E-state index contributed by atoms with van der Waals surface area (Å²) in [6, 6.07) is -0.981. The molecular weight excluding hydrogens is 210 g/mol. The van der Waals surface area contributed by atoms with Gasteiger partial charge in [0.05, 0.1) is 12.6 Å². The van der Waals surface area contributed by atoms with E-state index >= 15 is 0 Å². The highest BCUT2D eigenvalue weighted by molar-refractivity contribution is 5.96. The molecule has 6 heteroatoms. The molecule has 0 bridgehead atoms. The van der Waals surface area contributed by atoms with Gasteiger partial charge in [0.25, 0.3) is 0 Å². The molecule has 3 N–H and O–H groups in total. The summed E-state index contributed by atoms with van der Waals surface area (Å²) in [4.78, 5) is 22.4. The van der Waals surface area contributed by atoms with Crippen molar-refractivity contribution in [2.24, 2.45) is 0 Å². The smallest absolute Gasteiger partial charge is 0.321 e. The highest BCUT2D eigenvalue weighted by Gasteiger charge is 2.24. The zero-order valence-electron chi connectivity index (χ0n) is 10.5. The van der Waals surface area contributed by atoms with E-state index in [1.165, 1.54) is 7.05 Å². The molecule has 0 aromatic rings. The number of ether oxygens (including phenoxy) is 1. The second kappa shape index (κ2) is 6.44. The average Bonchev–Trinajstić information content (AvgIpc) is 2.16. The van der Waals surface area contributed by atoms with E-state index in [4.69, 9.17) is 4.74 Å². The molecular formula is C10H21N3O3. The Bertz CT molecular complexity index is 254. The Balaban J connectivity index is 4.19.